The van der Waals surface area contributed by atoms with Crippen LogP contribution in [0.4, 0.5) is 0 Å². The van der Waals surface area contributed by atoms with E-state index in [2.05, 4.69) is 0 Å². The molecule has 0 heterocycles. The van der Waals surface area contributed by atoms with E-state index in [1.165, 1.54) is 0 Å². The Morgan fingerprint density at radius 1 is 1.06 bits per heavy atom. The minimum absolute atomic E-state index is 0. The van der Waals surface area contributed by atoms with Crippen LogP contribution < -0.4 is 11.9 Å². The summed E-state index contributed by atoms with van der Waals surface area (Å²) in [6.45, 7) is -0.0394. The van der Waals surface area contributed by atoms with Gasteiger partial charge in [0.05, 0.1) is 0 Å². The molecule has 0 aromatic carbocycles. The summed E-state index contributed by atoms with van der Waals surface area (Å²) in [6.07, 6.45) is -0.856. The van der Waals surface area contributed by atoms with E-state index in [4.69, 9.17) is 25.3 Å². The fraction of sp³-hybridized carbons (Fsp3) is 1.00. The molecule has 0 fully saturated rings. The fourth-order valence-corrected chi connectivity index (χ4v) is 3.06. The number of nitrogens with two attached hydrogens (primary N) is 1. The SMILES string of the molecule is N.NCCCC(O)(P(=O)(O)O)P(=O)(O)O.[NaH]. The van der Waals surface area contributed by atoms with E-state index >= 15 is 0 Å². The van der Waals surface area contributed by atoms with E-state index in [1.54, 1.807) is 0 Å². The van der Waals surface area contributed by atoms with E-state index in [0.29, 0.717) is 0 Å². The summed E-state index contributed by atoms with van der Waals surface area (Å²) in [7, 11) is -10.6. The molecule has 0 saturated heterocycles. The maximum absolute atomic E-state index is 10.7. The van der Waals surface area contributed by atoms with Crippen LogP contribution in [0.15, 0.2) is 0 Å². The molecule has 0 saturated carbocycles. The topological polar surface area (TPSA) is 196 Å². The van der Waals surface area contributed by atoms with Gasteiger partial charge in [-0.3, -0.25) is 9.13 Å². The maximum atomic E-state index is 10.7. The third kappa shape index (κ3) is 5.22. The second-order valence-electron chi connectivity index (χ2n) is 2.75. The molecule has 0 spiro atoms. The van der Waals surface area contributed by atoms with Crippen molar-refractivity contribution in [2.75, 3.05) is 6.54 Å². The molecule has 0 aliphatic carbocycles. The van der Waals surface area contributed by atoms with Crippen molar-refractivity contribution < 1.29 is 33.8 Å². The summed E-state index contributed by atoms with van der Waals surface area (Å²) in [6, 6.07) is 0. The third-order valence-corrected chi connectivity index (χ3v) is 5.53. The Morgan fingerprint density at radius 3 is 1.56 bits per heavy atom. The van der Waals surface area contributed by atoms with Crippen molar-refractivity contribution in [1.29, 1.82) is 0 Å². The van der Waals surface area contributed by atoms with Crippen LogP contribution in [0.3, 0.4) is 0 Å². The first-order valence-electron chi connectivity index (χ1n) is 3.60. The number of hydrogen-bond donors (Lipinski definition) is 7. The van der Waals surface area contributed by atoms with Gasteiger partial charge in [0.1, 0.15) is 0 Å². The van der Waals surface area contributed by atoms with E-state index in [9.17, 15) is 14.2 Å². The molecule has 9 nitrogen and oxygen atoms in total. The molecule has 16 heavy (non-hydrogen) atoms. The normalized spacial score (nSPS) is 12.6. The van der Waals surface area contributed by atoms with Gasteiger partial charge in [-0.2, -0.15) is 0 Å². The first-order valence-corrected chi connectivity index (χ1v) is 6.82. The molecule has 0 amide bonds. The van der Waals surface area contributed by atoms with Gasteiger partial charge in [0.25, 0.3) is 5.08 Å². The molecule has 12 heteroatoms. The number of rotatable bonds is 5. The molecule has 0 radical (unpaired) electrons. The second kappa shape index (κ2) is 7.58. The predicted octanol–water partition coefficient (Wildman–Crippen LogP) is -1.76. The number of hydrogen-bond acceptors (Lipinski definition) is 5. The summed E-state index contributed by atoms with van der Waals surface area (Å²) < 4.78 is 21.4. The average Bonchev–Trinajstić information content (AvgIpc) is 1.95. The molecule has 0 unspecified atom stereocenters. The summed E-state index contributed by atoms with van der Waals surface area (Å²) in [4.78, 5) is 34.5. The van der Waals surface area contributed by atoms with E-state index in [0.717, 1.165) is 0 Å². The van der Waals surface area contributed by atoms with E-state index < -0.39 is 26.7 Å². The van der Waals surface area contributed by atoms with Crippen LogP contribution in [0.5, 0.6) is 0 Å². The second-order valence-corrected chi connectivity index (χ2v) is 6.76. The van der Waals surface area contributed by atoms with Crippen molar-refractivity contribution in [3.63, 3.8) is 0 Å². The minimum atomic E-state index is -5.30. The van der Waals surface area contributed by atoms with Crippen LogP contribution in [-0.2, 0) is 9.13 Å². The quantitative estimate of drug-likeness (QED) is 0.226. The summed E-state index contributed by atoms with van der Waals surface area (Å²) in [5, 5.41) is 5.91. The van der Waals surface area contributed by atoms with E-state index in [-0.39, 0.29) is 48.7 Å². The average molecular weight is 290 g/mol. The molecule has 0 aliphatic rings. The Kier molecular flexibility index (Phi) is 10.6. The van der Waals surface area contributed by atoms with Gasteiger partial charge >= 0.3 is 44.7 Å². The standard InChI is InChI=1S/C4H13NO7P2.H3N.Na.H/c5-3-1-2-4(6,13(7,8)9)14(10,11)12;;;/h6H,1-3,5H2,(H2,7,8,9)(H2,10,11,12);1H3;;. The van der Waals surface area contributed by atoms with Crippen LogP contribution >= 0.6 is 15.2 Å². The summed E-state index contributed by atoms with van der Waals surface area (Å²) in [5.74, 6) is 0. The zero-order chi connectivity index (χ0) is 11.6. The van der Waals surface area contributed by atoms with Gasteiger partial charge in [-0.1, -0.05) is 0 Å². The van der Waals surface area contributed by atoms with Crippen molar-refractivity contribution in [3.8, 4) is 0 Å². The molecule has 0 bridgehead atoms. The molecule has 0 atom stereocenters. The van der Waals surface area contributed by atoms with E-state index in [1.807, 2.05) is 0 Å². The van der Waals surface area contributed by atoms with Crippen molar-refractivity contribution >= 4 is 44.7 Å². The Morgan fingerprint density at radius 2 is 1.38 bits per heavy atom. The zero-order valence-electron chi connectivity index (χ0n) is 7.85. The van der Waals surface area contributed by atoms with Crippen LogP contribution in [0.2, 0.25) is 0 Å². The molecular formula is C4H17N2NaO7P2. The van der Waals surface area contributed by atoms with Gasteiger partial charge in [-0.05, 0) is 13.0 Å². The van der Waals surface area contributed by atoms with Gasteiger partial charge in [0.2, 0.25) is 0 Å². The van der Waals surface area contributed by atoms with Crippen molar-refractivity contribution in [2.24, 2.45) is 5.73 Å². The molecule has 0 aromatic heterocycles. The van der Waals surface area contributed by atoms with Crippen LogP contribution in [0, 0.1) is 0 Å². The molecule has 0 aliphatic heterocycles. The van der Waals surface area contributed by atoms with Crippen molar-refractivity contribution in [3.05, 3.63) is 0 Å². The van der Waals surface area contributed by atoms with Crippen LogP contribution in [0.1, 0.15) is 12.8 Å². The Labute approximate surface area is 115 Å². The van der Waals surface area contributed by atoms with Crippen molar-refractivity contribution in [1.82, 2.24) is 6.15 Å². The van der Waals surface area contributed by atoms with Gasteiger partial charge in [-0.25, -0.2) is 0 Å². The third-order valence-electron chi connectivity index (χ3n) is 1.65. The predicted molar refractivity (Wildman–Crippen MR) is 59.5 cm³/mol. The first-order chi connectivity index (χ1) is 6.06. The zero-order valence-corrected chi connectivity index (χ0v) is 9.64. The van der Waals surface area contributed by atoms with Gasteiger partial charge in [0, 0.05) is 6.42 Å². The molecule has 0 rings (SSSR count). The van der Waals surface area contributed by atoms with Gasteiger partial charge in [-0.15, -0.1) is 0 Å². The summed E-state index contributed by atoms with van der Waals surface area (Å²) in [5.41, 5.74) is 5.01. The van der Waals surface area contributed by atoms with Crippen molar-refractivity contribution in [2.45, 2.75) is 17.9 Å². The van der Waals surface area contributed by atoms with Gasteiger partial charge in [0.15, 0.2) is 0 Å². The van der Waals surface area contributed by atoms with Crippen LogP contribution in [-0.4, -0.2) is 65.9 Å². The Hall–Kier alpha value is 1.18. The fourth-order valence-electron chi connectivity index (χ4n) is 0.800. The molecule has 0 aromatic rings. The van der Waals surface area contributed by atoms with Crippen LogP contribution in [0.25, 0.3) is 0 Å². The molecule has 96 valence electrons. The summed E-state index contributed by atoms with van der Waals surface area (Å²) >= 11 is 0. The molecule has 10 N–H and O–H groups in total. The number of aliphatic hydroxyl groups is 1. The molecular weight excluding hydrogens is 273 g/mol. The van der Waals surface area contributed by atoms with Gasteiger partial charge < -0.3 is 36.6 Å². The Balaban J connectivity index is -0.000000845. The monoisotopic (exact) mass is 290 g/mol. The first kappa shape index (κ1) is 22.4. The Bertz CT molecular complexity index is 266.